The Morgan fingerprint density at radius 2 is 2.00 bits per heavy atom. The molecule has 0 atom stereocenters. The van der Waals surface area contributed by atoms with Gasteiger partial charge in [-0.05, 0) is 23.1 Å². The number of sulfonamides is 1. The molecule has 0 aliphatic heterocycles. The quantitative estimate of drug-likeness (QED) is 0.835. The predicted molar refractivity (Wildman–Crippen MR) is 71.4 cm³/mol. The number of nitrogen functional groups attached to an aromatic ring is 1. The van der Waals surface area contributed by atoms with Gasteiger partial charge >= 0.3 is 0 Å². The van der Waals surface area contributed by atoms with Crippen molar-refractivity contribution in [2.75, 3.05) is 10.5 Å². The van der Waals surface area contributed by atoms with Crippen LogP contribution in [0, 0.1) is 0 Å². The van der Waals surface area contributed by atoms with Crippen molar-refractivity contribution < 1.29 is 8.42 Å². The number of anilines is 2. The van der Waals surface area contributed by atoms with Crippen LogP contribution < -0.4 is 10.5 Å². The Kier molecular flexibility index (Phi) is 3.35. The van der Waals surface area contributed by atoms with E-state index in [2.05, 4.69) is 4.72 Å². The second-order valence-electron chi connectivity index (χ2n) is 3.57. The summed E-state index contributed by atoms with van der Waals surface area (Å²) < 4.78 is 26.2. The van der Waals surface area contributed by atoms with Gasteiger partial charge in [0.15, 0.2) is 0 Å². The molecular formula is C11H12N2O2S2. The predicted octanol–water partition coefficient (Wildman–Crippen LogP) is 2.27. The summed E-state index contributed by atoms with van der Waals surface area (Å²) in [6, 6.07) is 8.66. The van der Waals surface area contributed by atoms with Crippen molar-refractivity contribution in [1.29, 1.82) is 0 Å². The fourth-order valence-corrected chi connectivity index (χ4v) is 3.30. The second-order valence-corrected chi connectivity index (χ2v) is 6.07. The summed E-state index contributed by atoms with van der Waals surface area (Å²) in [5.74, 6) is -0.116. The molecule has 2 aromatic rings. The molecule has 0 spiro atoms. The van der Waals surface area contributed by atoms with E-state index in [1.807, 2.05) is 5.38 Å². The third-order valence-corrected chi connectivity index (χ3v) is 4.12. The van der Waals surface area contributed by atoms with Crippen LogP contribution in [0.3, 0.4) is 0 Å². The summed E-state index contributed by atoms with van der Waals surface area (Å²) in [5, 5.41) is 3.56. The number of benzene rings is 1. The lowest BCUT2D eigenvalue weighted by molar-refractivity contribution is 0.600. The van der Waals surface area contributed by atoms with Gasteiger partial charge in [0, 0.05) is 11.1 Å². The number of thiophene rings is 1. The average Bonchev–Trinajstić information content (AvgIpc) is 2.73. The van der Waals surface area contributed by atoms with E-state index >= 15 is 0 Å². The first-order valence-corrected chi connectivity index (χ1v) is 7.52. The molecule has 0 saturated heterocycles. The highest BCUT2D eigenvalue weighted by Gasteiger charge is 2.13. The Morgan fingerprint density at radius 1 is 1.24 bits per heavy atom. The molecular weight excluding hydrogens is 256 g/mol. The first-order chi connectivity index (χ1) is 8.07. The van der Waals surface area contributed by atoms with Gasteiger partial charge < -0.3 is 5.73 Å². The normalized spacial score (nSPS) is 11.3. The minimum atomic E-state index is -3.40. The van der Waals surface area contributed by atoms with Crippen LogP contribution in [0.1, 0.15) is 5.56 Å². The Balaban J connectivity index is 2.16. The van der Waals surface area contributed by atoms with E-state index in [-0.39, 0.29) is 5.75 Å². The van der Waals surface area contributed by atoms with Crippen LogP contribution in [-0.2, 0) is 15.8 Å². The first kappa shape index (κ1) is 11.9. The zero-order valence-corrected chi connectivity index (χ0v) is 10.6. The van der Waals surface area contributed by atoms with Crippen LogP contribution in [0.4, 0.5) is 11.4 Å². The van der Waals surface area contributed by atoms with E-state index in [1.165, 1.54) is 11.3 Å². The number of para-hydroxylation sites is 1. The summed E-state index contributed by atoms with van der Waals surface area (Å²) in [7, 11) is -3.40. The molecule has 0 saturated carbocycles. The Bertz CT molecular complexity index is 592. The first-order valence-electron chi connectivity index (χ1n) is 4.93. The molecule has 0 bridgehead atoms. The number of rotatable bonds is 4. The summed E-state index contributed by atoms with van der Waals surface area (Å²) >= 11 is 1.44. The molecule has 1 heterocycles. The van der Waals surface area contributed by atoms with E-state index in [0.29, 0.717) is 16.9 Å². The van der Waals surface area contributed by atoms with E-state index in [1.54, 1.807) is 35.7 Å². The van der Waals surface area contributed by atoms with E-state index in [4.69, 9.17) is 5.73 Å². The molecule has 1 aromatic carbocycles. The molecule has 6 heteroatoms. The van der Waals surface area contributed by atoms with Crippen molar-refractivity contribution in [1.82, 2.24) is 0 Å². The summed E-state index contributed by atoms with van der Waals surface area (Å²) in [4.78, 5) is 0. The molecule has 0 aliphatic carbocycles. The fraction of sp³-hybridized carbons (Fsp3) is 0.0909. The van der Waals surface area contributed by atoms with Gasteiger partial charge in [0.25, 0.3) is 0 Å². The SMILES string of the molecule is Nc1ccccc1CS(=O)(=O)Nc1ccsc1. The van der Waals surface area contributed by atoms with Crippen molar-refractivity contribution >= 4 is 32.7 Å². The maximum atomic E-state index is 11.9. The van der Waals surface area contributed by atoms with E-state index in [9.17, 15) is 8.42 Å². The standard InChI is InChI=1S/C11H12N2O2S2/c12-11-4-2-1-3-9(11)8-17(14,15)13-10-5-6-16-7-10/h1-7,13H,8,12H2. The van der Waals surface area contributed by atoms with E-state index in [0.717, 1.165) is 0 Å². The van der Waals surface area contributed by atoms with Crippen LogP contribution in [0.25, 0.3) is 0 Å². The molecule has 0 fully saturated rings. The lowest BCUT2D eigenvalue weighted by Crippen LogP contribution is -2.15. The molecule has 0 aliphatic rings. The van der Waals surface area contributed by atoms with Crippen LogP contribution in [0.5, 0.6) is 0 Å². The zero-order chi connectivity index (χ0) is 12.3. The summed E-state index contributed by atoms with van der Waals surface area (Å²) in [6.45, 7) is 0. The Hall–Kier alpha value is -1.53. The molecule has 17 heavy (non-hydrogen) atoms. The topological polar surface area (TPSA) is 72.2 Å². The molecule has 4 nitrogen and oxygen atoms in total. The van der Waals surface area contributed by atoms with Gasteiger partial charge in [0.2, 0.25) is 10.0 Å². The van der Waals surface area contributed by atoms with Gasteiger partial charge in [0.1, 0.15) is 0 Å². The van der Waals surface area contributed by atoms with E-state index < -0.39 is 10.0 Å². The molecule has 1 aromatic heterocycles. The van der Waals surface area contributed by atoms with Crippen LogP contribution in [0.15, 0.2) is 41.1 Å². The van der Waals surface area contributed by atoms with Gasteiger partial charge in [-0.15, -0.1) is 0 Å². The molecule has 0 radical (unpaired) electrons. The average molecular weight is 268 g/mol. The highest BCUT2D eigenvalue weighted by Crippen LogP contribution is 2.18. The Morgan fingerprint density at radius 3 is 2.65 bits per heavy atom. The lowest BCUT2D eigenvalue weighted by Gasteiger charge is -2.08. The monoisotopic (exact) mass is 268 g/mol. The van der Waals surface area contributed by atoms with Crippen molar-refractivity contribution in [3.05, 3.63) is 46.7 Å². The smallest absolute Gasteiger partial charge is 0.237 e. The second kappa shape index (κ2) is 4.77. The minimum absolute atomic E-state index is 0.116. The zero-order valence-electron chi connectivity index (χ0n) is 8.96. The lowest BCUT2D eigenvalue weighted by atomic mass is 10.2. The molecule has 2 rings (SSSR count). The van der Waals surface area contributed by atoms with Crippen molar-refractivity contribution in [2.45, 2.75) is 5.75 Å². The van der Waals surface area contributed by atoms with Gasteiger partial charge in [-0.1, -0.05) is 18.2 Å². The van der Waals surface area contributed by atoms with Gasteiger partial charge in [-0.2, -0.15) is 11.3 Å². The minimum Gasteiger partial charge on any atom is -0.398 e. The highest BCUT2D eigenvalue weighted by molar-refractivity contribution is 7.91. The number of nitrogens with one attached hydrogen (secondary N) is 1. The largest absolute Gasteiger partial charge is 0.398 e. The maximum absolute atomic E-state index is 11.9. The van der Waals surface area contributed by atoms with Crippen molar-refractivity contribution in [3.63, 3.8) is 0 Å². The summed E-state index contributed by atoms with van der Waals surface area (Å²) in [6.07, 6.45) is 0. The molecule has 3 N–H and O–H groups in total. The van der Waals surface area contributed by atoms with Crippen LogP contribution >= 0.6 is 11.3 Å². The van der Waals surface area contributed by atoms with Crippen molar-refractivity contribution in [3.8, 4) is 0 Å². The number of hydrogen-bond acceptors (Lipinski definition) is 4. The van der Waals surface area contributed by atoms with Gasteiger partial charge in [-0.25, -0.2) is 8.42 Å². The van der Waals surface area contributed by atoms with Gasteiger partial charge in [-0.3, -0.25) is 4.72 Å². The third kappa shape index (κ3) is 3.21. The van der Waals surface area contributed by atoms with Crippen LogP contribution in [0.2, 0.25) is 0 Å². The molecule has 0 unspecified atom stereocenters. The molecule has 90 valence electrons. The number of hydrogen-bond donors (Lipinski definition) is 2. The van der Waals surface area contributed by atoms with Gasteiger partial charge in [0.05, 0.1) is 11.4 Å². The Labute approximate surface area is 104 Å². The number of nitrogens with two attached hydrogens (primary N) is 1. The fourth-order valence-electron chi connectivity index (χ4n) is 1.41. The molecule has 0 amide bonds. The highest BCUT2D eigenvalue weighted by atomic mass is 32.2. The third-order valence-electron chi connectivity index (χ3n) is 2.20. The van der Waals surface area contributed by atoms with Crippen molar-refractivity contribution in [2.24, 2.45) is 0 Å². The van der Waals surface area contributed by atoms with Crippen LogP contribution in [-0.4, -0.2) is 8.42 Å². The summed E-state index contributed by atoms with van der Waals surface area (Å²) in [5.41, 5.74) is 7.39. The maximum Gasteiger partial charge on any atom is 0.237 e.